The third-order valence-corrected chi connectivity index (χ3v) is 5.50. The Bertz CT molecular complexity index is 943. The molecule has 3 rings (SSSR count). The average Bonchev–Trinajstić information content (AvgIpc) is 3.08. The highest BCUT2D eigenvalue weighted by Crippen LogP contribution is 2.17. The number of hydrogen-bond donors (Lipinski definition) is 3. The number of halogens is 1. The van der Waals surface area contributed by atoms with Crippen molar-refractivity contribution in [1.82, 2.24) is 19.9 Å². The predicted molar refractivity (Wildman–Crippen MR) is 112 cm³/mol. The summed E-state index contributed by atoms with van der Waals surface area (Å²) in [7, 11) is 1.62. The van der Waals surface area contributed by atoms with E-state index in [2.05, 4.69) is 41.2 Å². The van der Waals surface area contributed by atoms with E-state index >= 15 is 0 Å². The first-order valence-corrected chi connectivity index (χ1v) is 10.3. The summed E-state index contributed by atoms with van der Waals surface area (Å²) in [5.41, 5.74) is 2.48. The van der Waals surface area contributed by atoms with Crippen LogP contribution >= 0.6 is 27.7 Å². The first-order chi connectivity index (χ1) is 13.2. The summed E-state index contributed by atoms with van der Waals surface area (Å²) in [5, 5.41) is 3.14. The topological polar surface area (TPSA) is 95.7 Å². The van der Waals surface area contributed by atoms with Crippen LogP contribution in [-0.4, -0.2) is 39.3 Å². The van der Waals surface area contributed by atoms with Gasteiger partial charge in [-0.3, -0.25) is 9.78 Å². The maximum absolute atomic E-state index is 12.3. The second kappa shape index (κ2) is 9.61. The molecule has 2 aromatic heterocycles. The van der Waals surface area contributed by atoms with Crippen molar-refractivity contribution in [2.45, 2.75) is 12.2 Å². The molecule has 0 bridgehead atoms. The van der Waals surface area contributed by atoms with E-state index in [-0.39, 0.29) is 5.56 Å². The average molecular weight is 450 g/mol. The quantitative estimate of drug-likeness (QED) is 0.434. The van der Waals surface area contributed by atoms with Crippen LogP contribution in [0.5, 0.6) is 5.75 Å². The Labute approximate surface area is 169 Å². The second-order valence-corrected chi connectivity index (χ2v) is 7.66. The molecule has 7 nitrogen and oxygen atoms in total. The van der Waals surface area contributed by atoms with Crippen molar-refractivity contribution in [2.75, 3.05) is 24.7 Å². The van der Waals surface area contributed by atoms with Crippen LogP contribution < -0.4 is 15.6 Å². The van der Waals surface area contributed by atoms with Crippen LogP contribution in [0.25, 0.3) is 0 Å². The maximum atomic E-state index is 12.3. The third-order valence-electron chi connectivity index (χ3n) is 3.84. The first-order valence-electron chi connectivity index (χ1n) is 8.36. The molecule has 0 atom stereocenters. The Morgan fingerprint density at radius 2 is 2.22 bits per heavy atom. The number of nitrogens with one attached hydrogen (secondary N) is 3. The number of H-pyrrole nitrogens is 2. The Kier molecular flexibility index (Phi) is 6.94. The molecule has 0 aliphatic heterocycles. The predicted octanol–water partition coefficient (Wildman–Crippen LogP) is 3.20. The van der Waals surface area contributed by atoms with Crippen molar-refractivity contribution in [3.8, 4) is 5.75 Å². The minimum absolute atomic E-state index is 0.136. The summed E-state index contributed by atoms with van der Waals surface area (Å²) in [6, 6.07) is 7.66. The number of aromatic amines is 2. The van der Waals surface area contributed by atoms with Gasteiger partial charge in [0.2, 0.25) is 5.95 Å². The van der Waals surface area contributed by atoms with Gasteiger partial charge in [0.05, 0.1) is 19.1 Å². The van der Waals surface area contributed by atoms with Gasteiger partial charge in [0.1, 0.15) is 10.4 Å². The molecular formula is C18H20BrN5O2S. The Hall–Kier alpha value is -2.26. The third kappa shape index (κ3) is 5.61. The number of nitrogens with zero attached hydrogens (tertiary/aromatic N) is 2. The van der Waals surface area contributed by atoms with E-state index in [0.29, 0.717) is 24.5 Å². The lowest BCUT2D eigenvalue weighted by molar-refractivity contribution is 0.414. The van der Waals surface area contributed by atoms with Crippen molar-refractivity contribution >= 4 is 33.6 Å². The van der Waals surface area contributed by atoms with Gasteiger partial charge in [-0.25, -0.2) is 9.97 Å². The molecule has 0 aliphatic rings. The van der Waals surface area contributed by atoms with E-state index < -0.39 is 0 Å². The van der Waals surface area contributed by atoms with E-state index in [0.717, 1.165) is 33.1 Å². The molecule has 27 heavy (non-hydrogen) atoms. The summed E-state index contributed by atoms with van der Waals surface area (Å²) in [4.78, 5) is 26.6. The lowest BCUT2D eigenvalue weighted by Gasteiger charge is -2.07. The van der Waals surface area contributed by atoms with Gasteiger partial charge in [-0.2, -0.15) is 11.8 Å². The molecule has 0 amide bonds. The fourth-order valence-electron chi connectivity index (χ4n) is 2.46. The van der Waals surface area contributed by atoms with Crippen molar-refractivity contribution < 1.29 is 4.74 Å². The van der Waals surface area contributed by atoms with Crippen LogP contribution in [0.2, 0.25) is 0 Å². The number of aromatic nitrogens is 4. The maximum Gasteiger partial charge on any atom is 0.255 e. The van der Waals surface area contributed by atoms with Gasteiger partial charge in [0.25, 0.3) is 5.56 Å². The van der Waals surface area contributed by atoms with Crippen LogP contribution in [0.15, 0.2) is 46.2 Å². The van der Waals surface area contributed by atoms with Crippen molar-refractivity contribution in [1.29, 1.82) is 0 Å². The monoisotopic (exact) mass is 449 g/mol. The number of anilines is 1. The minimum Gasteiger partial charge on any atom is -0.497 e. The standard InChI is InChI=1S/C18H20BrN5O2S/c1-26-14-4-2-3-12(8-14)7-13-9-21-18(24-17(13)25)20-5-6-27-10-15-16(19)23-11-22-15/h2-4,8-9,11H,5-7,10H2,1H3,(H,22,23)(H2,20,21,24,25). The molecule has 0 spiro atoms. The van der Waals surface area contributed by atoms with E-state index in [1.807, 2.05) is 24.3 Å². The zero-order valence-electron chi connectivity index (χ0n) is 14.8. The zero-order chi connectivity index (χ0) is 19.1. The van der Waals surface area contributed by atoms with Crippen LogP contribution in [0.3, 0.4) is 0 Å². The molecule has 0 aliphatic carbocycles. The molecule has 3 aromatic rings. The van der Waals surface area contributed by atoms with Crippen LogP contribution in [0.4, 0.5) is 5.95 Å². The molecule has 0 unspecified atom stereocenters. The lowest BCUT2D eigenvalue weighted by atomic mass is 10.1. The van der Waals surface area contributed by atoms with Gasteiger partial charge < -0.3 is 15.0 Å². The van der Waals surface area contributed by atoms with Gasteiger partial charge in [0.15, 0.2) is 0 Å². The van der Waals surface area contributed by atoms with E-state index in [4.69, 9.17) is 4.74 Å². The van der Waals surface area contributed by atoms with Crippen molar-refractivity contribution in [3.05, 3.63) is 68.6 Å². The molecular weight excluding hydrogens is 430 g/mol. The molecule has 2 heterocycles. The highest BCUT2D eigenvalue weighted by Gasteiger charge is 2.06. The van der Waals surface area contributed by atoms with E-state index in [1.165, 1.54) is 0 Å². The summed E-state index contributed by atoms with van der Waals surface area (Å²) in [5.74, 6) is 2.94. The fourth-order valence-corrected chi connectivity index (χ4v) is 3.79. The molecule has 3 N–H and O–H groups in total. The number of benzene rings is 1. The molecule has 0 saturated heterocycles. The largest absolute Gasteiger partial charge is 0.497 e. The first kappa shape index (κ1) is 19.5. The Morgan fingerprint density at radius 3 is 2.96 bits per heavy atom. The number of imidazole rings is 1. The molecule has 0 saturated carbocycles. The van der Waals surface area contributed by atoms with Crippen molar-refractivity contribution in [2.24, 2.45) is 0 Å². The number of thioether (sulfide) groups is 1. The van der Waals surface area contributed by atoms with E-state index in [1.54, 1.807) is 31.4 Å². The van der Waals surface area contributed by atoms with Gasteiger partial charge in [-0.05, 0) is 33.6 Å². The van der Waals surface area contributed by atoms with Crippen LogP contribution in [0.1, 0.15) is 16.8 Å². The summed E-state index contributed by atoms with van der Waals surface area (Å²) in [6.45, 7) is 0.699. The van der Waals surface area contributed by atoms with Crippen LogP contribution in [-0.2, 0) is 12.2 Å². The van der Waals surface area contributed by atoms with Gasteiger partial charge in [-0.1, -0.05) is 12.1 Å². The number of rotatable bonds is 9. The van der Waals surface area contributed by atoms with Gasteiger partial charge >= 0.3 is 0 Å². The summed E-state index contributed by atoms with van der Waals surface area (Å²) in [6.07, 6.45) is 3.79. The molecule has 142 valence electrons. The minimum atomic E-state index is -0.136. The summed E-state index contributed by atoms with van der Waals surface area (Å²) >= 11 is 5.17. The van der Waals surface area contributed by atoms with Crippen LogP contribution in [0, 0.1) is 0 Å². The fraction of sp³-hybridized carbons (Fsp3) is 0.278. The van der Waals surface area contributed by atoms with Gasteiger partial charge in [0, 0.05) is 36.2 Å². The van der Waals surface area contributed by atoms with Gasteiger partial charge in [-0.15, -0.1) is 0 Å². The van der Waals surface area contributed by atoms with E-state index in [9.17, 15) is 4.79 Å². The molecule has 9 heteroatoms. The van der Waals surface area contributed by atoms with Crippen molar-refractivity contribution in [3.63, 3.8) is 0 Å². The molecule has 0 fully saturated rings. The highest BCUT2D eigenvalue weighted by atomic mass is 79.9. The Balaban J connectivity index is 1.49. The lowest BCUT2D eigenvalue weighted by Crippen LogP contribution is -2.18. The second-order valence-electron chi connectivity index (χ2n) is 5.76. The highest BCUT2D eigenvalue weighted by molar-refractivity contribution is 9.10. The summed E-state index contributed by atoms with van der Waals surface area (Å²) < 4.78 is 6.13. The smallest absolute Gasteiger partial charge is 0.255 e. The molecule has 1 aromatic carbocycles. The number of ether oxygens (including phenoxy) is 1. The number of methoxy groups -OCH3 is 1. The Morgan fingerprint density at radius 1 is 1.33 bits per heavy atom. The zero-order valence-corrected chi connectivity index (χ0v) is 17.2. The SMILES string of the molecule is COc1cccc(Cc2cnc(NCCSCc3nc[nH]c3Br)[nH]c2=O)c1. The normalized spacial score (nSPS) is 10.7. The molecule has 0 radical (unpaired) electrons. The number of hydrogen-bond acceptors (Lipinski definition) is 6.